The number of hydrogen-bond acceptors (Lipinski definition) is 0. The summed E-state index contributed by atoms with van der Waals surface area (Å²) < 4.78 is 0. The number of halogens is 1. The summed E-state index contributed by atoms with van der Waals surface area (Å²) in [5.74, 6) is 0.844. The predicted octanol–water partition coefficient (Wildman–Crippen LogP) is 4.06. The molecule has 0 aromatic carbocycles. The highest BCUT2D eigenvalue weighted by Crippen LogP contribution is 2.35. The molecule has 0 aromatic heterocycles. The third-order valence-electron chi connectivity index (χ3n) is 3.11. The monoisotopic (exact) mass is 250 g/mol. The van der Waals surface area contributed by atoms with Gasteiger partial charge in [0.15, 0.2) is 0 Å². The second kappa shape index (κ2) is 5.43. The Morgan fingerprint density at radius 3 is 2.17 bits per heavy atom. The molecule has 0 fully saturated rings. The molecule has 0 N–H and O–H groups in total. The molecule has 0 aliphatic carbocycles. The molecule has 0 aliphatic rings. The van der Waals surface area contributed by atoms with Crippen LogP contribution in [0.1, 0.15) is 33.6 Å². The maximum Gasteiger partial charge on any atom is 0.0364 e. The van der Waals surface area contributed by atoms with Crippen molar-refractivity contribution < 1.29 is 0 Å². The summed E-state index contributed by atoms with van der Waals surface area (Å²) in [5, 5.41) is 1.80. The molecule has 0 bridgehead atoms. The van der Waals surface area contributed by atoms with Gasteiger partial charge in [-0.3, -0.25) is 0 Å². The molecular weight excluding hydrogens is 228 g/mol. The smallest absolute Gasteiger partial charge is 0.0364 e. The van der Waals surface area contributed by atoms with E-state index in [0.717, 1.165) is 11.2 Å². The Morgan fingerprint density at radius 1 is 1.33 bits per heavy atom. The van der Waals surface area contributed by atoms with Crippen LogP contribution in [0.3, 0.4) is 0 Å². The zero-order valence-electron chi connectivity index (χ0n) is 9.15. The minimum absolute atomic E-state index is 0.465. The van der Waals surface area contributed by atoms with Gasteiger partial charge in [0.2, 0.25) is 0 Å². The number of alkyl halides is 1. The highest BCUT2D eigenvalue weighted by molar-refractivity contribution is 9.09. The Balaban J connectivity index is 3.75. The van der Waals surface area contributed by atoms with E-state index >= 15 is 0 Å². The number of hydrogen-bond donors (Lipinski definition) is 0. The Bertz CT molecular complexity index is 121. The summed E-state index contributed by atoms with van der Waals surface area (Å²) in [4.78, 5) is 0. The molecule has 1 atom stereocenters. The molecule has 1 unspecified atom stereocenters. The summed E-state index contributed by atoms with van der Waals surface area (Å²) in [7, 11) is -0.465. The van der Waals surface area contributed by atoms with E-state index in [4.69, 9.17) is 0 Å². The van der Waals surface area contributed by atoms with Crippen LogP contribution in [0.4, 0.5) is 0 Å². The van der Waals surface area contributed by atoms with Gasteiger partial charge in [0.05, 0.1) is 0 Å². The third-order valence-corrected chi connectivity index (χ3v) is 7.63. The fourth-order valence-electron chi connectivity index (χ4n) is 0.984. The van der Waals surface area contributed by atoms with Crippen LogP contribution in [0.5, 0.6) is 0 Å². The van der Waals surface area contributed by atoms with Gasteiger partial charge in [0.1, 0.15) is 0 Å². The van der Waals surface area contributed by atoms with Crippen LogP contribution in [-0.2, 0) is 0 Å². The van der Waals surface area contributed by atoms with Crippen molar-refractivity contribution in [2.75, 3.05) is 5.33 Å². The minimum atomic E-state index is -0.465. The first-order chi connectivity index (χ1) is 5.40. The largest absolute Gasteiger partial charge is 0.0925 e. The van der Waals surface area contributed by atoms with Gasteiger partial charge >= 0.3 is 0 Å². The molecule has 0 rings (SSSR count). The zero-order chi connectivity index (χ0) is 9.78. The zero-order valence-corrected chi connectivity index (χ0v) is 11.9. The van der Waals surface area contributed by atoms with Crippen molar-refractivity contribution in [2.45, 2.75) is 51.7 Å². The summed E-state index contributed by atoms with van der Waals surface area (Å²) in [5.41, 5.74) is 0. The summed E-state index contributed by atoms with van der Waals surface area (Å²) >= 11 is 3.53. The summed E-state index contributed by atoms with van der Waals surface area (Å²) in [6.45, 7) is 12.1. The lowest BCUT2D eigenvalue weighted by molar-refractivity contribution is 0.488. The topological polar surface area (TPSA) is 0 Å². The van der Waals surface area contributed by atoms with Crippen LogP contribution in [0, 0.1) is 5.92 Å². The Hall–Kier alpha value is 0.697. The van der Waals surface area contributed by atoms with E-state index in [1.54, 1.807) is 0 Å². The van der Waals surface area contributed by atoms with Crippen molar-refractivity contribution in [3.63, 3.8) is 0 Å². The van der Waals surface area contributed by atoms with Gasteiger partial charge in [-0.05, 0) is 17.4 Å². The fraction of sp³-hybridized carbons (Fsp3) is 1.00. The lowest BCUT2D eigenvalue weighted by atomic mass is 10.00. The Labute approximate surface area is 87.9 Å². The molecule has 12 heavy (non-hydrogen) atoms. The Kier molecular flexibility index (Phi) is 5.75. The molecule has 0 amide bonds. The van der Waals surface area contributed by atoms with E-state index in [9.17, 15) is 0 Å². The van der Waals surface area contributed by atoms with E-state index in [0.29, 0.717) is 5.04 Å². The molecule has 0 spiro atoms. The maximum absolute atomic E-state index is 3.53. The second-order valence-electron chi connectivity index (χ2n) is 4.94. The first-order valence-electron chi connectivity index (χ1n) is 4.96. The quantitative estimate of drug-likeness (QED) is 0.510. The van der Waals surface area contributed by atoms with Crippen LogP contribution < -0.4 is 0 Å². The molecule has 0 heterocycles. The molecule has 0 radical (unpaired) electrons. The molecule has 0 aromatic rings. The van der Waals surface area contributed by atoms with Gasteiger partial charge in [-0.25, -0.2) is 0 Å². The van der Waals surface area contributed by atoms with Gasteiger partial charge in [-0.2, -0.15) is 0 Å². The van der Waals surface area contributed by atoms with Crippen molar-refractivity contribution >= 4 is 24.7 Å². The van der Waals surface area contributed by atoms with E-state index < -0.39 is 8.80 Å². The van der Waals surface area contributed by atoms with Gasteiger partial charge in [0.25, 0.3) is 0 Å². The van der Waals surface area contributed by atoms with Gasteiger partial charge in [0, 0.05) is 14.1 Å². The normalized spacial score (nSPS) is 15.2. The molecule has 0 aliphatic heterocycles. The fourth-order valence-corrected chi connectivity index (χ4v) is 2.05. The molecule has 0 nitrogen and oxygen atoms in total. The standard InChI is InChI=1S/C10H23BrSi/c1-9(8-11)6-7-10(2,3)12(4)5/h9,12H,6-8H2,1-5H3. The summed E-state index contributed by atoms with van der Waals surface area (Å²) in [6.07, 6.45) is 2.78. The highest BCUT2D eigenvalue weighted by Gasteiger charge is 2.23. The average molecular weight is 251 g/mol. The maximum atomic E-state index is 3.53. The van der Waals surface area contributed by atoms with E-state index in [1.165, 1.54) is 12.8 Å². The minimum Gasteiger partial charge on any atom is -0.0925 e. The van der Waals surface area contributed by atoms with Crippen molar-refractivity contribution in [1.29, 1.82) is 0 Å². The van der Waals surface area contributed by atoms with Crippen LogP contribution in [0.2, 0.25) is 18.1 Å². The van der Waals surface area contributed by atoms with Crippen molar-refractivity contribution in [1.82, 2.24) is 0 Å². The first kappa shape index (κ1) is 12.7. The van der Waals surface area contributed by atoms with E-state index in [1.807, 2.05) is 0 Å². The van der Waals surface area contributed by atoms with E-state index in [-0.39, 0.29) is 0 Å². The summed E-state index contributed by atoms with van der Waals surface area (Å²) in [6, 6.07) is 0. The lowest BCUT2D eigenvalue weighted by Crippen LogP contribution is -2.21. The van der Waals surface area contributed by atoms with Crippen molar-refractivity contribution in [3.8, 4) is 0 Å². The third kappa shape index (κ3) is 4.66. The second-order valence-corrected chi connectivity index (χ2v) is 9.46. The van der Waals surface area contributed by atoms with E-state index in [2.05, 4.69) is 49.8 Å². The van der Waals surface area contributed by atoms with Crippen molar-refractivity contribution in [2.24, 2.45) is 5.92 Å². The van der Waals surface area contributed by atoms with Gasteiger partial charge in [-0.15, -0.1) is 0 Å². The van der Waals surface area contributed by atoms with Crippen LogP contribution >= 0.6 is 15.9 Å². The molecule has 0 saturated carbocycles. The molecular formula is C10H23BrSi. The van der Waals surface area contributed by atoms with Crippen LogP contribution in [-0.4, -0.2) is 14.1 Å². The van der Waals surface area contributed by atoms with Crippen LogP contribution in [0.25, 0.3) is 0 Å². The van der Waals surface area contributed by atoms with Crippen molar-refractivity contribution in [3.05, 3.63) is 0 Å². The van der Waals surface area contributed by atoms with Crippen LogP contribution in [0.15, 0.2) is 0 Å². The lowest BCUT2D eigenvalue weighted by Gasteiger charge is -2.29. The molecule has 0 saturated heterocycles. The van der Waals surface area contributed by atoms with Gasteiger partial charge in [-0.1, -0.05) is 56.2 Å². The SMILES string of the molecule is CC(CBr)CCC(C)(C)[SiH](C)C. The van der Waals surface area contributed by atoms with Gasteiger partial charge < -0.3 is 0 Å². The highest BCUT2D eigenvalue weighted by atomic mass is 79.9. The molecule has 2 heteroatoms. The average Bonchev–Trinajstić information content (AvgIpc) is 2.00. The first-order valence-corrected chi connectivity index (χ1v) is 8.97. The Morgan fingerprint density at radius 2 is 1.83 bits per heavy atom. The predicted molar refractivity (Wildman–Crippen MR) is 65.1 cm³/mol. The number of rotatable bonds is 5. The molecule has 74 valence electrons.